The lowest BCUT2D eigenvalue weighted by Crippen LogP contribution is -2.07. The summed E-state index contributed by atoms with van der Waals surface area (Å²) in [6.45, 7) is 0. The van der Waals surface area contributed by atoms with Crippen LogP contribution >= 0.6 is 23.1 Å². The zero-order valence-corrected chi connectivity index (χ0v) is 20.7. The summed E-state index contributed by atoms with van der Waals surface area (Å²) < 4.78 is 43.2. The molecule has 0 saturated carbocycles. The molecule has 4 nitrogen and oxygen atoms in total. The van der Waals surface area contributed by atoms with Gasteiger partial charge >= 0.3 is 6.18 Å². The Morgan fingerprint density at radius 3 is 2.36 bits per heavy atom. The number of carbonyl (C=O) groups excluding carboxylic acids is 1. The van der Waals surface area contributed by atoms with Crippen molar-refractivity contribution in [2.45, 2.75) is 16.8 Å². The molecule has 3 aromatic carbocycles. The maximum atomic E-state index is 12.7. The molecule has 184 valence electrons. The van der Waals surface area contributed by atoms with E-state index in [2.05, 4.69) is 10.3 Å². The maximum absolute atomic E-state index is 12.7. The number of thiazole rings is 1. The molecule has 0 unspecified atom stereocenters. The van der Waals surface area contributed by atoms with Gasteiger partial charge in [-0.2, -0.15) is 13.2 Å². The number of benzene rings is 3. The van der Waals surface area contributed by atoms with Crippen LogP contribution in [0.1, 0.15) is 16.7 Å². The van der Waals surface area contributed by atoms with Crippen molar-refractivity contribution in [3.05, 3.63) is 101 Å². The van der Waals surface area contributed by atoms with Crippen LogP contribution in [0.4, 0.5) is 18.3 Å². The van der Waals surface area contributed by atoms with Crippen molar-refractivity contribution in [3.63, 3.8) is 0 Å². The van der Waals surface area contributed by atoms with E-state index in [-0.39, 0.29) is 5.91 Å². The van der Waals surface area contributed by atoms with Gasteiger partial charge in [0.25, 0.3) is 0 Å². The van der Waals surface area contributed by atoms with Crippen molar-refractivity contribution in [2.75, 3.05) is 12.4 Å². The Labute approximate surface area is 214 Å². The van der Waals surface area contributed by atoms with Gasteiger partial charge in [-0.15, -0.1) is 23.1 Å². The third-order valence-corrected chi connectivity index (χ3v) is 6.96. The van der Waals surface area contributed by atoms with Gasteiger partial charge in [-0.1, -0.05) is 24.3 Å². The van der Waals surface area contributed by atoms with E-state index in [0.717, 1.165) is 45.2 Å². The number of halogens is 3. The summed E-state index contributed by atoms with van der Waals surface area (Å²) in [5, 5.41) is 5.15. The number of nitrogens with zero attached hydrogens (tertiary/aromatic N) is 1. The van der Waals surface area contributed by atoms with Crippen LogP contribution in [0.15, 0.2) is 89.1 Å². The van der Waals surface area contributed by atoms with Crippen LogP contribution in [0.25, 0.3) is 17.3 Å². The number of alkyl halides is 3. The average Bonchev–Trinajstić information content (AvgIpc) is 3.35. The second-order valence-corrected chi connectivity index (χ2v) is 9.55. The highest BCUT2D eigenvalue weighted by molar-refractivity contribution is 7.98. The molecule has 0 bridgehead atoms. The second-order valence-electron chi connectivity index (χ2n) is 7.64. The largest absolute Gasteiger partial charge is 0.497 e. The van der Waals surface area contributed by atoms with Gasteiger partial charge in [0.05, 0.1) is 18.4 Å². The molecular weight excluding hydrogens is 505 g/mol. The van der Waals surface area contributed by atoms with Gasteiger partial charge in [0.1, 0.15) is 5.75 Å². The average molecular weight is 527 g/mol. The lowest BCUT2D eigenvalue weighted by molar-refractivity contribution is -0.137. The van der Waals surface area contributed by atoms with Crippen molar-refractivity contribution in [2.24, 2.45) is 0 Å². The van der Waals surface area contributed by atoms with Gasteiger partial charge in [-0.05, 0) is 65.7 Å². The van der Waals surface area contributed by atoms with E-state index in [9.17, 15) is 18.0 Å². The number of rotatable bonds is 8. The zero-order chi connectivity index (χ0) is 25.5. The standard InChI is InChI=1S/C27H21F3N2O2S2/c1-34-22-11-7-20(8-12-22)24-17-36-26(31-24)32-25(33)15-6-18-4-13-23(14-5-18)35-16-19-2-9-21(10-3-19)27(28,29)30/h2-15,17H,16H2,1H3,(H,31,32,33)/b15-6-. The fraction of sp³-hybridized carbons (Fsp3) is 0.111. The van der Waals surface area contributed by atoms with Crippen LogP contribution in [-0.2, 0) is 16.7 Å². The normalized spacial score (nSPS) is 11.6. The summed E-state index contributed by atoms with van der Waals surface area (Å²) in [5.41, 5.74) is 2.71. The van der Waals surface area contributed by atoms with Gasteiger partial charge in [-0.25, -0.2) is 4.98 Å². The van der Waals surface area contributed by atoms with Crippen molar-refractivity contribution >= 4 is 40.2 Å². The SMILES string of the molecule is COc1ccc(-c2csc(NC(=O)/C=C\c3ccc(SCc4ccc(C(F)(F)F)cc4)cc3)n2)cc1. The number of hydrogen-bond donors (Lipinski definition) is 1. The second kappa shape index (κ2) is 11.5. The van der Waals surface area contributed by atoms with Gasteiger partial charge in [-0.3, -0.25) is 10.1 Å². The Balaban J connectivity index is 1.28. The lowest BCUT2D eigenvalue weighted by atomic mass is 10.1. The van der Waals surface area contributed by atoms with Gasteiger partial charge < -0.3 is 4.74 Å². The Bertz CT molecular complexity index is 1330. The predicted molar refractivity (Wildman–Crippen MR) is 139 cm³/mol. The fourth-order valence-electron chi connectivity index (χ4n) is 3.18. The minimum atomic E-state index is -4.33. The summed E-state index contributed by atoms with van der Waals surface area (Å²) in [5.74, 6) is 1.03. The van der Waals surface area contributed by atoms with E-state index in [1.807, 2.05) is 53.9 Å². The molecular formula is C27H21F3N2O2S2. The van der Waals surface area contributed by atoms with Crippen molar-refractivity contribution in [1.29, 1.82) is 0 Å². The first-order valence-corrected chi connectivity index (χ1v) is 12.6. The molecule has 1 N–H and O–H groups in total. The molecule has 1 aromatic heterocycles. The molecule has 0 saturated heterocycles. The molecule has 0 radical (unpaired) electrons. The highest BCUT2D eigenvalue weighted by atomic mass is 32.2. The van der Waals surface area contributed by atoms with Gasteiger partial charge in [0.15, 0.2) is 5.13 Å². The number of hydrogen-bond acceptors (Lipinski definition) is 5. The first kappa shape index (κ1) is 25.5. The maximum Gasteiger partial charge on any atom is 0.416 e. The van der Waals surface area contributed by atoms with E-state index in [1.54, 1.807) is 13.2 Å². The van der Waals surface area contributed by atoms with E-state index in [0.29, 0.717) is 10.9 Å². The van der Waals surface area contributed by atoms with Crippen LogP contribution in [-0.4, -0.2) is 18.0 Å². The summed E-state index contributed by atoms with van der Waals surface area (Å²) in [6.07, 6.45) is -1.18. The number of aromatic nitrogens is 1. The molecule has 0 atom stereocenters. The molecule has 1 amide bonds. The Kier molecular flexibility index (Phi) is 8.12. The monoisotopic (exact) mass is 526 g/mol. The third kappa shape index (κ3) is 6.99. The lowest BCUT2D eigenvalue weighted by Gasteiger charge is -2.07. The van der Waals surface area contributed by atoms with Crippen LogP contribution in [0.2, 0.25) is 0 Å². The highest BCUT2D eigenvalue weighted by Gasteiger charge is 2.29. The molecule has 0 fully saturated rings. The van der Waals surface area contributed by atoms with Crippen molar-refractivity contribution in [1.82, 2.24) is 4.98 Å². The Hall–Kier alpha value is -3.56. The zero-order valence-electron chi connectivity index (χ0n) is 19.1. The summed E-state index contributed by atoms with van der Waals surface area (Å²) >= 11 is 2.87. The van der Waals surface area contributed by atoms with Crippen LogP contribution in [0.3, 0.4) is 0 Å². The number of methoxy groups -OCH3 is 1. The number of amides is 1. The summed E-state index contributed by atoms with van der Waals surface area (Å²) in [6, 6.07) is 20.3. The van der Waals surface area contributed by atoms with Crippen molar-refractivity contribution < 1.29 is 22.7 Å². The molecule has 0 spiro atoms. The number of nitrogens with one attached hydrogen (secondary N) is 1. The molecule has 4 rings (SSSR count). The van der Waals surface area contributed by atoms with Crippen LogP contribution in [0.5, 0.6) is 5.75 Å². The van der Waals surface area contributed by atoms with E-state index >= 15 is 0 Å². The van der Waals surface area contributed by atoms with Gasteiger partial charge in [0, 0.05) is 27.7 Å². The Morgan fingerprint density at radius 2 is 1.72 bits per heavy atom. The molecule has 0 aliphatic heterocycles. The van der Waals surface area contributed by atoms with E-state index in [1.165, 1.54) is 41.3 Å². The topological polar surface area (TPSA) is 51.2 Å². The number of carbonyl (C=O) groups is 1. The Morgan fingerprint density at radius 1 is 1.03 bits per heavy atom. The first-order chi connectivity index (χ1) is 17.3. The minimum absolute atomic E-state index is 0.286. The molecule has 4 aromatic rings. The van der Waals surface area contributed by atoms with Crippen LogP contribution < -0.4 is 10.1 Å². The van der Waals surface area contributed by atoms with Gasteiger partial charge in [0.2, 0.25) is 5.91 Å². The summed E-state index contributed by atoms with van der Waals surface area (Å²) in [7, 11) is 1.61. The summed E-state index contributed by atoms with van der Waals surface area (Å²) in [4.78, 5) is 17.7. The highest BCUT2D eigenvalue weighted by Crippen LogP contribution is 2.30. The molecule has 1 heterocycles. The van der Waals surface area contributed by atoms with Crippen molar-refractivity contribution in [3.8, 4) is 17.0 Å². The predicted octanol–water partition coefficient (Wildman–Crippen LogP) is 7.78. The number of anilines is 1. The molecule has 0 aliphatic carbocycles. The minimum Gasteiger partial charge on any atom is -0.497 e. The molecule has 36 heavy (non-hydrogen) atoms. The molecule has 9 heteroatoms. The fourth-order valence-corrected chi connectivity index (χ4v) is 4.75. The first-order valence-electron chi connectivity index (χ1n) is 10.8. The number of ether oxygens (including phenoxy) is 1. The van der Waals surface area contributed by atoms with E-state index in [4.69, 9.17) is 4.74 Å². The molecule has 0 aliphatic rings. The van der Waals surface area contributed by atoms with Crippen LogP contribution in [0, 0.1) is 0 Å². The smallest absolute Gasteiger partial charge is 0.416 e. The number of thioether (sulfide) groups is 1. The third-order valence-electron chi connectivity index (χ3n) is 5.11. The quantitative estimate of drug-likeness (QED) is 0.188. The van der Waals surface area contributed by atoms with E-state index < -0.39 is 11.7 Å².